The number of benzene rings is 1. The zero-order chi connectivity index (χ0) is 17.3. The molecule has 0 saturated carbocycles. The van der Waals surface area contributed by atoms with Crippen LogP contribution in [0.3, 0.4) is 0 Å². The number of ether oxygens (including phenoxy) is 1. The summed E-state index contributed by atoms with van der Waals surface area (Å²) >= 11 is 0. The monoisotopic (exact) mass is 341 g/mol. The molecule has 1 aliphatic rings. The average Bonchev–Trinajstić information content (AvgIpc) is 3.31. The van der Waals surface area contributed by atoms with E-state index in [1.165, 1.54) is 36.0 Å². The molecule has 5 heteroatoms. The number of nitrogens with one attached hydrogen (secondary N) is 2. The fourth-order valence-corrected chi connectivity index (χ4v) is 3.09. The van der Waals surface area contributed by atoms with E-state index >= 15 is 0 Å². The van der Waals surface area contributed by atoms with Crippen LogP contribution >= 0.6 is 0 Å². The highest BCUT2D eigenvalue weighted by Crippen LogP contribution is 2.22. The summed E-state index contributed by atoms with van der Waals surface area (Å²) < 4.78 is 10.8. The van der Waals surface area contributed by atoms with E-state index in [1.807, 2.05) is 12.1 Å². The molecule has 134 valence electrons. The summed E-state index contributed by atoms with van der Waals surface area (Å²) in [6.07, 6.45) is 6.32. The van der Waals surface area contributed by atoms with Gasteiger partial charge in [0.15, 0.2) is 5.96 Å². The maximum atomic E-state index is 5.57. The fourth-order valence-electron chi connectivity index (χ4n) is 3.09. The maximum absolute atomic E-state index is 5.57. The molecular formula is C20H27N3O2. The molecule has 2 N–H and O–H groups in total. The third kappa shape index (κ3) is 5.36. The van der Waals surface area contributed by atoms with Crippen molar-refractivity contribution in [1.82, 2.24) is 10.6 Å². The Balaban J connectivity index is 1.31. The van der Waals surface area contributed by atoms with E-state index in [4.69, 9.17) is 9.15 Å². The Morgan fingerprint density at radius 3 is 2.96 bits per heavy atom. The predicted octanol–water partition coefficient (Wildman–Crippen LogP) is 3.04. The first-order valence-corrected chi connectivity index (χ1v) is 9.00. The van der Waals surface area contributed by atoms with Gasteiger partial charge >= 0.3 is 0 Å². The molecule has 25 heavy (non-hydrogen) atoms. The minimum Gasteiger partial charge on any atom is -0.467 e. The topological polar surface area (TPSA) is 58.8 Å². The zero-order valence-electron chi connectivity index (χ0n) is 14.9. The highest BCUT2D eigenvalue weighted by Gasteiger charge is 2.10. The van der Waals surface area contributed by atoms with Gasteiger partial charge < -0.3 is 19.8 Å². The zero-order valence-corrected chi connectivity index (χ0v) is 14.9. The van der Waals surface area contributed by atoms with Crippen molar-refractivity contribution < 1.29 is 9.15 Å². The molecule has 0 saturated heterocycles. The molecule has 1 aromatic heterocycles. The van der Waals surface area contributed by atoms with Gasteiger partial charge in [-0.1, -0.05) is 18.2 Å². The van der Waals surface area contributed by atoms with E-state index < -0.39 is 0 Å². The third-order valence-electron chi connectivity index (χ3n) is 4.43. The summed E-state index contributed by atoms with van der Waals surface area (Å²) in [5, 5.41) is 6.69. The van der Waals surface area contributed by atoms with Gasteiger partial charge in [0.25, 0.3) is 0 Å². The molecule has 0 atom stereocenters. The second-order valence-corrected chi connectivity index (χ2v) is 6.29. The fraction of sp³-hybridized carbons (Fsp3) is 0.450. The van der Waals surface area contributed by atoms with Crippen molar-refractivity contribution in [3.05, 3.63) is 59.0 Å². The normalized spacial score (nSPS) is 13.7. The third-order valence-corrected chi connectivity index (χ3v) is 4.43. The molecule has 0 bridgehead atoms. The molecule has 1 aliphatic carbocycles. The first-order valence-electron chi connectivity index (χ1n) is 9.00. The van der Waals surface area contributed by atoms with Crippen molar-refractivity contribution in [2.45, 2.75) is 38.8 Å². The van der Waals surface area contributed by atoms with Gasteiger partial charge in [0.2, 0.25) is 0 Å². The molecule has 3 rings (SSSR count). The van der Waals surface area contributed by atoms with Crippen LogP contribution < -0.4 is 10.6 Å². The molecule has 0 radical (unpaired) electrons. The highest BCUT2D eigenvalue weighted by atomic mass is 16.5. The predicted molar refractivity (Wildman–Crippen MR) is 99.6 cm³/mol. The summed E-state index contributed by atoms with van der Waals surface area (Å²) in [6, 6.07) is 10.6. The van der Waals surface area contributed by atoms with Crippen LogP contribution in [0.1, 0.15) is 35.3 Å². The van der Waals surface area contributed by atoms with Crippen LogP contribution in [-0.4, -0.2) is 26.2 Å². The lowest BCUT2D eigenvalue weighted by molar-refractivity contribution is 0.105. The lowest BCUT2D eigenvalue weighted by Gasteiger charge is -2.12. The Hall–Kier alpha value is -2.27. The van der Waals surface area contributed by atoms with Gasteiger partial charge in [-0.05, 0) is 54.5 Å². The first kappa shape index (κ1) is 17.5. The van der Waals surface area contributed by atoms with Gasteiger partial charge in [0.1, 0.15) is 12.4 Å². The van der Waals surface area contributed by atoms with E-state index in [1.54, 1.807) is 13.3 Å². The Labute approximate surface area is 149 Å². The number of hydrogen-bond acceptors (Lipinski definition) is 3. The number of aliphatic imine (C=N–C) groups is 1. The van der Waals surface area contributed by atoms with Crippen LogP contribution in [0, 0.1) is 0 Å². The number of hydrogen-bond donors (Lipinski definition) is 2. The second kappa shape index (κ2) is 9.28. The van der Waals surface area contributed by atoms with E-state index in [0.717, 1.165) is 31.2 Å². The molecule has 1 aromatic carbocycles. The lowest BCUT2D eigenvalue weighted by Crippen LogP contribution is -2.37. The Kier molecular flexibility index (Phi) is 6.51. The van der Waals surface area contributed by atoms with Crippen LogP contribution in [0.15, 0.2) is 46.0 Å². The molecule has 0 fully saturated rings. The molecule has 1 heterocycles. The molecule has 0 spiro atoms. The number of furan rings is 1. The van der Waals surface area contributed by atoms with Crippen molar-refractivity contribution in [3.8, 4) is 0 Å². The second-order valence-electron chi connectivity index (χ2n) is 6.29. The van der Waals surface area contributed by atoms with Crippen molar-refractivity contribution >= 4 is 5.96 Å². The largest absolute Gasteiger partial charge is 0.467 e. The number of rotatable bonds is 8. The minimum atomic E-state index is 0.526. The van der Waals surface area contributed by atoms with Crippen LogP contribution in [0.5, 0.6) is 0 Å². The summed E-state index contributed by atoms with van der Waals surface area (Å²) in [7, 11) is 1.80. The van der Waals surface area contributed by atoms with Gasteiger partial charge in [-0.2, -0.15) is 0 Å². The van der Waals surface area contributed by atoms with Gasteiger partial charge in [-0.15, -0.1) is 0 Å². The van der Waals surface area contributed by atoms with Crippen LogP contribution in [0.2, 0.25) is 0 Å². The molecule has 0 unspecified atom stereocenters. The molecule has 0 amide bonds. The Morgan fingerprint density at radius 1 is 1.20 bits per heavy atom. The number of aryl methyl sites for hydroxylation is 2. The van der Waals surface area contributed by atoms with Crippen LogP contribution in [0.25, 0.3) is 0 Å². The molecule has 2 aromatic rings. The standard InChI is InChI=1S/C20H27N3O2/c1-21-20(22-10-4-11-24-15-19-7-3-12-25-19)23-14-16-8-9-17-5-2-6-18(17)13-16/h3,7-9,12-13H,2,4-6,10-11,14-15H2,1H3,(H2,21,22,23). The SMILES string of the molecule is CN=C(NCCCOCc1ccco1)NCc1ccc2c(c1)CCC2. The number of fused-ring (bicyclic) bond motifs is 1. The van der Waals surface area contributed by atoms with Gasteiger partial charge in [-0.3, -0.25) is 4.99 Å². The Morgan fingerprint density at radius 2 is 2.12 bits per heavy atom. The van der Waals surface area contributed by atoms with E-state index in [2.05, 4.69) is 33.8 Å². The maximum Gasteiger partial charge on any atom is 0.191 e. The number of guanidine groups is 1. The van der Waals surface area contributed by atoms with Crippen molar-refractivity contribution in [2.75, 3.05) is 20.2 Å². The van der Waals surface area contributed by atoms with E-state index in [-0.39, 0.29) is 0 Å². The first-order chi connectivity index (χ1) is 12.3. The van der Waals surface area contributed by atoms with Gasteiger partial charge in [0, 0.05) is 26.7 Å². The average molecular weight is 341 g/mol. The van der Waals surface area contributed by atoms with Crippen molar-refractivity contribution in [2.24, 2.45) is 4.99 Å². The smallest absolute Gasteiger partial charge is 0.191 e. The molecule has 0 aliphatic heterocycles. The van der Waals surface area contributed by atoms with Crippen molar-refractivity contribution in [1.29, 1.82) is 0 Å². The van der Waals surface area contributed by atoms with Crippen LogP contribution in [-0.2, 0) is 30.7 Å². The lowest BCUT2D eigenvalue weighted by atomic mass is 10.1. The number of nitrogens with zero attached hydrogens (tertiary/aromatic N) is 1. The summed E-state index contributed by atoms with van der Waals surface area (Å²) in [6.45, 7) is 2.83. The Bertz CT molecular complexity index is 680. The van der Waals surface area contributed by atoms with Gasteiger partial charge in [0.05, 0.1) is 6.26 Å². The van der Waals surface area contributed by atoms with Gasteiger partial charge in [-0.25, -0.2) is 0 Å². The summed E-state index contributed by atoms with van der Waals surface area (Å²) in [4.78, 5) is 4.27. The van der Waals surface area contributed by atoms with E-state index in [9.17, 15) is 0 Å². The quantitative estimate of drug-likeness (QED) is 0.440. The summed E-state index contributed by atoms with van der Waals surface area (Å²) in [5.41, 5.74) is 4.34. The highest BCUT2D eigenvalue weighted by molar-refractivity contribution is 5.79. The molecular weight excluding hydrogens is 314 g/mol. The summed E-state index contributed by atoms with van der Waals surface area (Å²) in [5.74, 6) is 1.69. The minimum absolute atomic E-state index is 0.526. The van der Waals surface area contributed by atoms with Crippen molar-refractivity contribution in [3.63, 3.8) is 0 Å². The van der Waals surface area contributed by atoms with E-state index in [0.29, 0.717) is 13.2 Å². The molecule has 5 nitrogen and oxygen atoms in total. The van der Waals surface area contributed by atoms with Crippen LogP contribution in [0.4, 0.5) is 0 Å².